The Balaban J connectivity index is 4.17. The summed E-state index contributed by atoms with van der Waals surface area (Å²) in [5.41, 5.74) is -0.864. The highest BCUT2D eigenvalue weighted by atomic mass is 17.2. The summed E-state index contributed by atoms with van der Waals surface area (Å²) in [6, 6.07) is 0. The lowest BCUT2D eigenvalue weighted by molar-refractivity contribution is -0.286. The molecule has 0 aliphatic rings. The van der Waals surface area contributed by atoms with Crippen LogP contribution in [0.4, 0.5) is 0 Å². The summed E-state index contributed by atoms with van der Waals surface area (Å²) in [6.45, 7) is 15.8. The Hall–Kier alpha value is -0.740. The summed E-state index contributed by atoms with van der Waals surface area (Å²) in [6.07, 6.45) is 1.60. The monoisotopic (exact) mass is 314 g/mol. The van der Waals surface area contributed by atoms with Gasteiger partial charge in [0.05, 0.1) is 0 Å². The molecule has 4 nitrogen and oxygen atoms in total. The van der Waals surface area contributed by atoms with Crippen LogP contribution in [-0.4, -0.2) is 24.8 Å². The van der Waals surface area contributed by atoms with E-state index in [9.17, 15) is 9.59 Å². The van der Waals surface area contributed by atoms with Crippen molar-refractivity contribution in [2.24, 2.45) is 22.7 Å². The Bertz CT molecular complexity index is 331. The number of rotatable bonds is 11. The van der Waals surface area contributed by atoms with E-state index in [2.05, 4.69) is 27.7 Å². The van der Waals surface area contributed by atoms with E-state index in [4.69, 9.17) is 9.78 Å². The van der Waals surface area contributed by atoms with Crippen LogP contribution in [-0.2, 0) is 19.4 Å². The van der Waals surface area contributed by atoms with Crippen molar-refractivity contribution in [1.29, 1.82) is 0 Å². The van der Waals surface area contributed by atoms with Crippen molar-refractivity contribution in [3.05, 3.63) is 0 Å². The molecular weight excluding hydrogens is 280 g/mol. The molecule has 0 rings (SSSR count). The van der Waals surface area contributed by atoms with Crippen molar-refractivity contribution in [2.75, 3.05) is 13.2 Å². The maximum absolute atomic E-state index is 12.1. The first-order valence-corrected chi connectivity index (χ1v) is 8.19. The van der Waals surface area contributed by atoms with Gasteiger partial charge < -0.3 is 0 Å². The highest BCUT2D eigenvalue weighted by Crippen LogP contribution is 2.27. The first kappa shape index (κ1) is 21.3. The second-order valence-electron chi connectivity index (χ2n) is 8.33. The average molecular weight is 314 g/mol. The molecule has 0 aliphatic heterocycles. The number of hydrogen-bond acceptors (Lipinski definition) is 4. The second-order valence-corrected chi connectivity index (χ2v) is 8.33. The molecule has 0 aromatic carbocycles. The minimum Gasteiger partial charge on any atom is -0.296 e. The van der Waals surface area contributed by atoms with E-state index in [1.54, 1.807) is 0 Å². The molecule has 130 valence electrons. The molecule has 0 aliphatic carbocycles. The summed E-state index contributed by atoms with van der Waals surface area (Å²) >= 11 is 0. The Labute approximate surface area is 135 Å². The van der Waals surface area contributed by atoms with Crippen molar-refractivity contribution < 1.29 is 19.4 Å². The highest BCUT2D eigenvalue weighted by Gasteiger charge is 2.30. The standard InChI is InChI=1S/C18H34O4/c1-13(2)9-17(5,6)15(19)11-21-22-12-16(20)18(7,8)10-14(3)4/h13-14H,9-12H2,1-8H3. The molecule has 0 N–H and O–H groups in total. The minimum absolute atomic E-state index is 0.00455. The van der Waals surface area contributed by atoms with Crippen LogP contribution in [0.5, 0.6) is 0 Å². The molecular formula is C18H34O4. The summed E-state index contributed by atoms with van der Waals surface area (Å²) in [5.74, 6) is 0.877. The first-order chi connectivity index (χ1) is 9.88. The lowest BCUT2D eigenvalue weighted by Crippen LogP contribution is -2.32. The molecule has 0 fully saturated rings. The Morgan fingerprint density at radius 2 is 1.00 bits per heavy atom. The topological polar surface area (TPSA) is 52.6 Å². The molecule has 0 aromatic rings. The van der Waals surface area contributed by atoms with Gasteiger partial charge in [-0.2, -0.15) is 0 Å². The number of carbonyl (C=O) groups is 2. The lowest BCUT2D eigenvalue weighted by atomic mass is 9.80. The fourth-order valence-corrected chi connectivity index (χ4v) is 2.85. The zero-order chi connectivity index (χ0) is 17.6. The number of Topliss-reactive ketones (excluding diaryl/α,β-unsaturated/α-hetero) is 2. The third kappa shape index (κ3) is 8.04. The molecule has 22 heavy (non-hydrogen) atoms. The van der Waals surface area contributed by atoms with Crippen molar-refractivity contribution in [3.8, 4) is 0 Å². The zero-order valence-corrected chi connectivity index (χ0v) is 15.6. The number of hydrogen-bond donors (Lipinski definition) is 0. The molecule has 4 heteroatoms. The van der Waals surface area contributed by atoms with Crippen LogP contribution in [0.2, 0.25) is 0 Å². The number of ketones is 2. The van der Waals surface area contributed by atoms with Gasteiger partial charge in [0.2, 0.25) is 0 Å². The van der Waals surface area contributed by atoms with Gasteiger partial charge in [-0.15, -0.1) is 0 Å². The summed E-state index contributed by atoms with van der Waals surface area (Å²) in [7, 11) is 0. The van der Waals surface area contributed by atoms with E-state index < -0.39 is 10.8 Å². The van der Waals surface area contributed by atoms with Gasteiger partial charge in [0.1, 0.15) is 13.2 Å². The van der Waals surface area contributed by atoms with Crippen LogP contribution < -0.4 is 0 Å². The van der Waals surface area contributed by atoms with Crippen molar-refractivity contribution in [2.45, 2.75) is 68.2 Å². The van der Waals surface area contributed by atoms with Crippen molar-refractivity contribution in [3.63, 3.8) is 0 Å². The van der Waals surface area contributed by atoms with Gasteiger partial charge in [-0.3, -0.25) is 9.59 Å². The van der Waals surface area contributed by atoms with Gasteiger partial charge in [0, 0.05) is 10.8 Å². The van der Waals surface area contributed by atoms with Crippen LogP contribution in [0, 0.1) is 22.7 Å². The zero-order valence-electron chi connectivity index (χ0n) is 15.6. The molecule has 0 amide bonds. The molecule has 0 unspecified atom stereocenters. The molecule has 0 radical (unpaired) electrons. The van der Waals surface area contributed by atoms with Crippen LogP contribution in [0.1, 0.15) is 68.2 Å². The predicted octanol–water partition coefficient (Wildman–Crippen LogP) is 4.22. The molecule has 0 atom stereocenters. The molecule has 0 bridgehead atoms. The van der Waals surface area contributed by atoms with Crippen LogP contribution in [0.3, 0.4) is 0 Å². The van der Waals surface area contributed by atoms with E-state index in [0.29, 0.717) is 11.8 Å². The van der Waals surface area contributed by atoms with Crippen molar-refractivity contribution >= 4 is 11.6 Å². The van der Waals surface area contributed by atoms with E-state index >= 15 is 0 Å². The molecule has 0 aromatic heterocycles. The molecule has 0 saturated carbocycles. The van der Waals surface area contributed by atoms with Gasteiger partial charge >= 0.3 is 0 Å². The maximum Gasteiger partial charge on any atom is 0.167 e. The van der Waals surface area contributed by atoms with E-state index in [-0.39, 0.29) is 24.8 Å². The second kappa shape index (κ2) is 8.78. The summed E-state index contributed by atoms with van der Waals surface area (Å²) in [5, 5.41) is 0. The largest absolute Gasteiger partial charge is 0.296 e. The quantitative estimate of drug-likeness (QED) is 0.325. The third-order valence-corrected chi connectivity index (χ3v) is 3.81. The van der Waals surface area contributed by atoms with Gasteiger partial charge in [-0.05, 0) is 24.7 Å². The Morgan fingerprint density at radius 1 is 0.727 bits per heavy atom. The van der Waals surface area contributed by atoms with Crippen LogP contribution >= 0.6 is 0 Å². The highest BCUT2D eigenvalue weighted by molar-refractivity contribution is 5.85. The Kier molecular flexibility index (Phi) is 8.48. The van der Waals surface area contributed by atoms with Gasteiger partial charge in [0.15, 0.2) is 11.6 Å². The van der Waals surface area contributed by atoms with Gasteiger partial charge in [0.25, 0.3) is 0 Å². The molecule has 0 heterocycles. The summed E-state index contributed by atoms with van der Waals surface area (Å²) in [4.78, 5) is 34.1. The average Bonchev–Trinajstić information content (AvgIpc) is 2.30. The number of carbonyl (C=O) groups excluding carboxylic acids is 2. The van der Waals surface area contributed by atoms with Crippen LogP contribution in [0.15, 0.2) is 0 Å². The van der Waals surface area contributed by atoms with Gasteiger partial charge in [-0.1, -0.05) is 55.4 Å². The maximum atomic E-state index is 12.1. The summed E-state index contributed by atoms with van der Waals surface area (Å²) < 4.78 is 0. The van der Waals surface area contributed by atoms with Crippen molar-refractivity contribution in [1.82, 2.24) is 0 Å². The van der Waals surface area contributed by atoms with Crippen LogP contribution in [0.25, 0.3) is 0 Å². The predicted molar refractivity (Wildman–Crippen MR) is 88.4 cm³/mol. The third-order valence-electron chi connectivity index (χ3n) is 3.81. The smallest absolute Gasteiger partial charge is 0.167 e. The Morgan fingerprint density at radius 3 is 1.23 bits per heavy atom. The molecule has 0 spiro atoms. The SMILES string of the molecule is CC(C)CC(C)(C)C(=O)COOCC(=O)C(C)(C)CC(C)C. The minimum atomic E-state index is -0.432. The normalized spacial score (nSPS) is 13.0. The van der Waals surface area contributed by atoms with Gasteiger partial charge in [-0.25, -0.2) is 9.78 Å². The molecule has 0 saturated heterocycles. The van der Waals surface area contributed by atoms with E-state index in [0.717, 1.165) is 12.8 Å². The fraction of sp³-hybridized carbons (Fsp3) is 0.889. The fourth-order valence-electron chi connectivity index (χ4n) is 2.85. The van der Waals surface area contributed by atoms with E-state index in [1.807, 2.05) is 27.7 Å². The van der Waals surface area contributed by atoms with E-state index in [1.165, 1.54) is 0 Å². The first-order valence-electron chi connectivity index (χ1n) is 8.19. The lowest BCUT2D eigenvalue weighted by Gasteiger charge is -2.25.